The molecule has 0 aliphatic rings. The maximum absolute atomic E-state index is 12.0. The van der Waals surface area contributed by atoms with Crippen LogP contribution in [0.1, 0.15) is 39.2 Å². The van der Waals surface area contributed by atoms with Gasteiger partial charge in [-0.3, -0.25) is 4.79 Å². The largest absolute Gasteiger partial charge is 0.480 e. The molecule has 5 heteroatoms. The molecule has 2 aromatic rings. The maximum atomic E-state index is 12.0. The van der Waals surface area contributed by atoms with Crippen LogP contribution in [0.3, 0.4) is 0 Å². The highest BCUT2D eigenvalue weighted by molar-refractivity contribution is 5.87. The molecule has 1 unspecified atom stereocenters. The smallest absolute Gasteiger partial charge is 0.326 e. The normalized spacial score (nSPS) is 12.5. The van der Waals surface area contributed by atoms with Crippen molar-refractivity contribution in [1.29, 1.82) is 0 Å². The summed E-state index contributed by atoms with van der Waals surface area (Å²) < 4.78 is 2.10. The Hall–Kier alpha value is -2.30. The Bertz CT molecular complexity index is 718. The summed E-state index contributed by atoms with van der Waals surface area (Å²) in [7, 11) is 0. The number of nitrogens with one attached hydrogen (secondary N) is 1. The molecule has 1 atom stereocenters. The summed E-state index contributed by atoms with van der Waals surface area (Å²) in [6.45, 7) is 6.96. The van der Waals surface area contributed by atoms with Gasteiger partial charge < -0.3 is 15.0 Å². The molecule has 0 aliphatic carbocycles. The molecule has 130 valence electrons. The SMILES string of the molecule is CCn1cc(CC(NC(=O)CCC(C)C)C(=O)O)c2ccccc21. The van der Waals surface area contributed by atoms with Gasteiger partial charge in [-0.1, -0.05) is 32.0 Å². The summed E-state index contributed by atoms with van der Waals surface area (Å²) in [6.07, 6.45) is 3.39. The number of aromatic nitrogens is 1. The molecule has 2 N–H and O–H groups in total. The number of aryl methyl sites for hydroxylation is 1. The molecule has 1 aromatic heterocycles. The third kappa shape index (κ3) is 4.37. The number of nitrogens with zero attached hydrogens (tertiary/aromatic N) is 1. The quantitative estimate of drug-likeness (QED) is 0.781. The van der Waals surface area contributed by atoms with E-state index in [1.165, 1.54) is 0 Å². The summed E-state index contributed by atoms with van der Waals surface area (Å²) in [5.74, 6) is -0.780. The Morgan fingerprint density at radius 3 is 2.58 bits per heavy atom. The zero-order valence-electron chi connectivity index (χ0n) is 14.6. The first-order valence-electron chi connectivity index (χ1n) is 8.51. The first-order valence-corrected chi connectivity index (χ1v) is 8.51. The van der Waals surface area contributed by atoms with Gasteiger partial charge in [0.15, 0.2) is 0 Å². The highest BCUT2D eigenvalue weighted by Crippen LogP contribution is 2.22. The van der Waals surface area contributed by atoms with Crippen molar-refractivity contribution in [3.63, 3.8) is 0 Å². The fourth-order valence-corrected chi connectivity index (χ4v) is 2.85. The van der Waals surface area contributed by atoms with E-state index in [2.05, 4.69) is 16.8 Å². The Labute approximate surface area is 142 Å². The van der Waals surface area contributed by atoms with Crippen LogP contribution in [0.5, 0.6) is 0 Å². The van der Waals surface area contributed by atoms with Gasteiger partial charge in [-0.25, -0.2) is 4.79 Å². The number of carbonyl (C=O) groups excluding carboxylic acids is 1. The molecular weight excluding hydrogens is 304 g/mol. The zero-order valence-corrected chi connectivity index (χ0v) is 14.6. The minimum absolute atomic E-state index is 0.199. The van der Waals surface area contributed by atoms with Crippen molar-refractivity contribution in [3.8, 4) is 0 Å². The molecule has 1 heterocycles. The molecular formula is C19H26N2O3. The van der Waals surface area contributed by atoms with Gasteiger partial charge in [0.2, 0.25) is 5.91 Å². The Morgan fingerprint density at radius 2 is 1.96 bits per heavy atom. The van der Waals surface area contributed by atoms with Gasteiger partial charge in [0.25, 0.3) is 0 Å². The number of amides is 1. The van der Waals surface area contributed by atoms with E-state index in [1.54, 1.807) is 0 Å². The van der Waals surface area contributed by atoms with Crippen LogP contribution in [0.4, 0.5) is 0 Å². The van der Waals surface area contributed by atoms with Gasteiger partial charge in [0, 0.05) is 36.5 Å². The van der Waals surface area contributed by atoms with Crippen LogP contribution in [-0.4, -0.2) is 27.6 Å². The van der Waals surface area contributed by atoms with E-state index in [0.29, 0.717) is 12.3 Å². The molecule has 2 rings (SSSR count). The van der Waals surface area contributed by atoms with E-state index in [0.717, 1.165) is 29.4 Å². The summed E-state index contributed by atoms with van der Waals surface area (Å²) in [5.41, 5.74) is 2.04. The molecule has 0 bridgehead atoms. The fourth-order valence-electron chi connectivity index (χ4n) is 2.85. The number of carboxylic acids is 1. The van der Waals surface area contributed by atoms with Crippen LogP contribution in [0.2, 0.25) is 0 Å². The molecule has 0 radical (unpaired) electrons. The number of aliphatic carboxylic acids is 1. The third-order valence-electron chi connectivity index (χ3n) is 4.22. The molecule has 0 aliphatic heterocycles. The number of benzene rings is 1. The lowest BCUT2D eigenvalue weighted by molar-refractivity contribution is -0.141. The number of hydrogen-bond donors (Lipinski definition) is 2. The average molecular weight is 330 g/mol. The maximum Gasteiger partial charge on any atom is 0.326 e. The standard InChI is InChI=1S/C19H26N2O3/c1-4-21-12-14(15-7-5-6-8-17(15)21)11-16(19(23)24)20-18(22)10-9-13(2)3/h5-8,12-13,16H,4,9-11H2,1-3H3,(H,20,22)(H,23,24). The number of fused-ring (bicyclic) bond motifs is 1. The van der Waals surface area contributed by atoms with Crippen molar-refractivity contribution >= 4 is 22.8 Å². The molecule has 0 fully saturated rings. The second-order valence-electron chi connectivity index (χ2n) is 6.55. The molecule has 0 spiro atoms. The van der Waals surface area contributed by atoms with Crippen molar-refractivity contribution in [2.45, 2.75) is 52.6 Å². The first kappa shape index (κ1) is 18.0. The van der Waals surface area contributed by atoms with E-state index in [4.69, 9.17) is 0 Å². The Kier molecular flexibility index (Phi) is 6.01. The summed E-state index contributed by atoms with van der Waals surface area (Å²) in [4.78, 5) is 23.6. The van der Waals surface area contributed by atoms with Gasteiger partial charge in [-0.05, 0) is 30.9 Å². The van der Waals surface area contributed by atoms with Crippen LogP contribution >= 0.6 is 0 Å². The molecule has 0 saturated heterocycles. The highest BCUT2D eigenvalue weighted by Gasteiger charge is 2.22. The number of carbonyl (C=O) groups is 2. The summed E-state index contributed by atoms with van der Waals surface area (Å²) in [5, 5.41) is 13.2. The van der Waals surface area contributed by atoms with E-state index in [9.17, 15) is 14.7 Å². The fraction of sp³-hybridized carbons (Fsp3) is 0.474. The van der Waals surface area contributed by atoms with Crippen molar-refractivity contribution in [1.82, 2.24) is 9.88 Å². The zero-order chi connectivity index (χ0) is 17.7. The van der Waals surface area contributed by atoms with Gasteiger partial charge in [0.1, 0.15) is 6.04 Å². The van der Waals surface area contributed by atoms with Crippen LogP contribution < -0.4 is 5.32 Å². The van der Waals surface area contributed by atoms with Crippen molar-refractivity contribution in [3.05, 3.63) is 36.0 Å². The Balaban J connectivity index is 2.16. The highest BCUT2D eigenvalue weighted by atomic mass is 16.4. The van der Waals surface area contributed by atoms with Gasteiger partial charge in [-0.15, -0.1) is 0 Å². The molecule has 5 nitrogen and oxygen atoms in total. The molecule has 24 heavy (non-hydrogen) atoms. The monoisotopic (exact) mass is 330 g/mol. The molecule has 1 aromatic carbocycles. The summed E-state index contributed by atoms with van der Waals surface area (Å²) in [6, 6.07) is 7.04. The van der Waals surface area contributed by atoms with Crippen molar-refractivity contribution < 1.29 is 14.7 Å². The first-order chi connectivity index (χ1) is 11.4. The van der Waals surface area contributed by atoms with E-state index < -0.39 is 12.0 Å². The third-order valence-corrected chi connectivity index (χ3v) is 4.22. The molecule has 0 saturated carbocycles. The lowest BCUT2D eigenvalue weighted by atomic mass is 10.0. The van der Waals surface area contributed by atoms with Crippen LogP contribution in [0, 0.1) is 5.92 Å². The number of carboxylic acid groups (broad SMARTS) is 1. The second-order valence-corrected chi connectivity index (χ2v) is 6.55. The van der Waals surface area contributed by atoms with E-state index in [-0.39, 0.29) is 12.3 Å². The van der Waals surface area contributed by atoms with Gasteiger partial charge >= 0.3 is 5.97 Å². The van der Waals surface area contributed by atoms with E-state index >= 15 is 0 Å². The summed E-state index contributed by atoms with van der Waals surface area (Å²) >= 11 is 0. The van der Waals surface area contributed by atoms with Crippen LogP contribution in [0.15, 0.2) is 30.5 Å². The molecule has 1 amide bonds. The van der Waals surface area contributed by atoms with Gasteiger partial charge in [0.05, 0.1) is 0 Å². The van der Waals surface area contributed by atoms with Gasteiger partial charge in [-0.2, -0.15) is 0 Å². The van der Waals surface area contributed by atoms with Crippen LogP contribution in [-0.2, 0) is 22.6 Å². The predicted molar refractivity (Wildman–Crippen MR) is 95.0 cm³/mol. The van der Waals surface area contributed by atoms with Crippen molar-refractivity contribution in [2.24, 2.45) is 5.92 Å². The lowest BCUT2D eigenvalue weighted by Crippen LogP contribution is -2.42. The van der Waals surface area contributed by atoms with Crippen LogP contribution in [0.25, 0.3) is 10.9 Å². The minimum atomic E-state index is -0.999. The Morgan fingerprint density at radius 1 is 1.25 bits per heavy atom. The second kappa shape index (κ2) is 7.99. The lowest BCUT2D eigenvalue weighted by Gasteiger charge is -2.14. The van der Waals surface area contributed by atoms with Crippen molar-refractivity contribution in [2.75, 3.05) is 0 Å². The van der Waals surface area contributed by atoms with E-state index in [1.807, 2.05) is 44.3 Å². The average Bonchev–Trinajstić information content (AvgIpc) is 2.90. The number of para-hydroxylation sites is 1. The number of hydrogen-bond acceptors (Lipinski definition) is 2. The minimum Gasteiger partial charge on any atom is -0.480 e. The topological polar surface area (TPSA) is 71.3 Å². The number of rotatable bonds is 8. The predicted octanol–water partition coefficient (Wildman–Crippen LogP) is 3.21.